The summed E-state index contributed by atoms with van der Waals surface area (Å²) in [5, 5.41) is 6.72. The van der Waals surface area contributed by atoms with E-state index in [0.29, 0.717) is 11.3 Å². The molecule has 0 bridgehead atoms. The van der Waals surface area contributed by atoms with Crippen LogP contribution >= 0.6 is 0 Å². The minimum absolute atomic E-state index is 0.413. The molecule has 0 amide bonds. The normalized spacial score (nSPS) is 12.1. The molecule has 3 aromatic rings. The maximum atomic E-state index is 11.0. The molecule has 0 aliphatic carbocycles. The lowest BCUT2D eigenvalue weighted by atomic mass is 10.1. The van der Waals surface area contributed by atoms with Crippen LogP contribution < -0.4 is 9.86 Å². The van der Waals surface area contributed by atoms with Crippen molar-refractivity contribution < 1.29 is 12.8 Å². The highest BCUT2D eigenvalue weighted by molar-refractivity contribution is 7.90. The summed E-state index contributed by atoms with van der Waals surface area (Å²) in [6.45, 7) is 0. The SMILES string of the molecule is NS(=O)(=O)Nc1ccc2oc3ccccc3c2c1. The first-order chi connectivity index (χ1) is 8.53. The van der Waals surface area contributed by atoms with Gasteiger partial charge in [0.25, 0.3) is 10.2 Å². The van der Waals surface area contributed by atoms with Gasteiger partial charge in [-0.15, -0.1) is 0 Å². The molecule has 0 saturated carbocycles. The van der Waals surface area contributed by atoms with E-state index in [1.54, 1.807) is 18.2 Å². The van der Waals surface area contributed by atoms with Crippen LogP contribution in [0.25, 0.3) is 21.9 Å². The highest BCUT2D eigenvalue weighted by Gasteiger charge is 2.08. The Hall–Kier alpha value is -2.05. The molecule has 0 spiro atoms. The van der Waals surface area contributed by atoms with Gasteiger partial charge in [0.15, 0.2) is 0 Å². The molecular formula is C12H10N2O3S. The zero-order chi connectivity index (χ0) is 12.8. The van der Waals surface area contributed by atoms with Crippen LogP contribution in [-0.4, -0.2) is 8.42 Å². The Morgan fingerprint density at radius 3 is 2.50 bits per heavy atom. The van der Waals surface area contributed by atoms with E-state index in [-0.39, 0.29) is 0 Å². The van der Waals surface area contributed by atoms with Crippen molar-refractivity contribution >= 4 is 37.8 Å². The Kier molecular flexibility index (Phi) is 2.29. The maximum absolute atomic E-state index is 11.0. The van der Waals surface area contributed by atoms with Crippen LogP contribution in [0, 0.1) is 0 Å². The van der Waals surface area contributed by atoms with Gasteiger partial charge in [-0.2, -0.15) is 8.42 Å². The van der Waals surface area contributed by atoms with Crippen LogP contribution in [0.1, 0.15) is 0 Å². The highest BCUT2D eigenvalue weighted by atomic mass is 32.2. The minimum Gasteiger partial charge on any atom is -0.456 e. The Labute approximate surface area is 103 Å². The number of para-hydroxylation sites is 1. The fourth-order valence-electron chi connectivity index (χ4n) is 1.95. The molecule has 2 aromatic carbocycles. The largest absolute Gasteiger partial charge is 0.456 e. The van der Waals surface area contributed by atoms with E-state index >= 15 is 0 Å². The van der Waals surface area contributed by atoms with Crippen LogP contribution in [-0.2, 0) is 10.2 Å². The lowest BCUT2D eigenvalue weighted by molar-refractivity contribution is 0.603. The molecular weight excluding hydrogens is 252 g/mol. The fraction of sp³-hybridized carbons (Fsp3) is 0. The molecule has 0 saturated heterocycles. The summed E-state index contributed by atoms with van der Waals surface area (Å²) < 4.78 is 29.8. The Bertz CT molecular complexity index is 837. The lowest BCUT2D eigenvalue weighted by Crippen LogP contribution is -2.21. The number of nitrogens with two attached hydrogens (primary N) is 1. The third kappa shape index (κ3) is 1.92. The summed E-state index contributed by atoms with van der Waals surface area (Å²) in [5.41, 5.74) is 1.88. The zero-order valence-electron chi connectivity index (χ0n) is 9.25. The molecule has 0 atom stereocenters. The second kappa shape index (κ2) is 3.72. The van der Waals surface area contributed by atoms with Crippen LogP contribution in [0.3, 0.4) is 0 Å². The van der Waals surface area contributed by atoms with E-state index < -0.39 is 10.2 Å². The van der Waals surface area contributed by atoms with Gasteiger partial charge in [-0.25, -0.2) is 5.14 Å². The first-order valence-corrected chi connectivity index (χ1v) is 6.79. The Morgan fingerprint density at radius 2 is 1.72 bits per heavy atom. The zero-order valence-corrected chi connectivity index (χ0v) is 10.1. The van der Waals surface area contributed by atoms with Gasteiger partial charge >= 0.3 is 0 Å². The number of furan rings is 1. The van der Waals surface area contributed by atoms with E-state index in [9.17, 15) is 8.42 Å². The van der Waals surface area contributed by atoms with Gasteiger partial charge in [0, 0.05) is 10.8 Å². The molecule has 0 fully saturated rings. The molecule has 1 heterocycles. The predicted molar refractivity (Wildman–Crippen MR) is 70.4 cm³/mol. The molecule has 3 N–H and O–H groups in total. The van der Waals surface area contributed by atoms with Gasteiger partial charge in [-0.05, 0) is 24.3 Å². The Morgan fingerprint density at radius 1 is 1.00 bits per heavy atom. The van der Waals surface area contributed by atoms with E-state index in [2.05, 4.69) is 4.72 Å². The predicted octanol–water partition coefficient (Wildman–Crippen LogP) is 2.20. The number of benzene rings is 2. The summed E-state index contributed by atoms with van der Waals surface area (Å²) >= 11 is 0. The second-order valence-electron chi connectivity index (χ2n) is 3.96. The maximum Gasteiger partial charge on any atom is 0.296 e. The van der Waals surface area contributed by atoms with Gasteiger partial charge < -0.3 is 4.42 Å². The van der Waals surface area contributed by atoms with E-state index in [1.165, 1.54) is 0 Å². The van der Waals surface area contributed by atoms with E-state index in [1.807, 2.05) is 24.3 Å². The molecule has 5 nitrogen and oxygen atoms in total. The van der Waals surface area contributed by atoms with Crippen molar-refractivity contribution in [2.24, 2.45) is 5.14 Å². The third-order valence-corrected chi connectivity index (χ3v) is 3.16. The third-order valence-electron chi connectivity index (χ3n) is 2.64. The standard InChI is InChI=1S/C12H10N2O3S/c13-18(15,16)14-8-5-6-12-10(7-8)9-3-1-2-4-11(9)17-12/h1-7,14H,(H2,13,15,16). The molecule has 0 unspecified atom stereocenters. The van der Waals surface area contributed by atoms with Gasteiger partial charge in [0.05, 0.1) is 5.69 Å². The molecule has 18 heavy (non-hydrogen) atoms. The number of nitrogens with one attached hydrogen (secondary N) is 1. The van der Waals surface area contributed by atoms with Crippen LogP contribution in [0.15, 0.2) is 46.9 Å². The van der Waals surface area contributed by atoms with Crippen molar-refractivity contribution in [3.8, 4) is 0 Å². The van der Waals surface area contributed by atoms with Crippen LogP contribution in [0.4, 0.5) is 5.69 Å². The van der Waals surface area contributed by atoms with Crippen molar-refractivity contribution in [1.29, 1.82) is 0 Å². The lowest BCUT2D eigenvalue weighted by Gasteiger charge is -2.02. The molecule has 0 radical (unpaired) electrons. The van der Waals surface area contributed by atoms with E-state index in [0.717, 1.165) is 16.4 Å². The summed E-state index contributed by atoms with van der Waals surface area (Å²) in [6, 6.07) is 12.6. The van der Waals surface area contributed by atoms with Crippen molar-refractivity contribution in [1.82, 2.24) is 0 Å². The number of anilines is 1. The Balaban J connectivity index is 2.24. The average molecular weight is 262 g/mol. The first kappa shape index (κ1) is 11.1. The summed E-state index contributed by atoms with van der Waals surface area (Å²) in [5.74, 6) is 0. The summed E-state index contributed by atoms with van der Waals surface area (Å²) in [6.07, 6.45) is 0. The van der Waals surface area contributed by atoms with Gasteiger partial charge in [-0.1, -0.05) is 18.2 Å². The molecule has 0 aliphatic rings. The highest BCUT2D eigenvalue weighted by Crippen LogP contribution is 2.30. The molecule has 92 valence electrons. The average Bonchev–Trinajstić information content (AvgIpc) is 2.65. The molecule has 6 heteroatoms. The van der Waals surface area contributed by atoms with Gasteiger partial charge in [0.2, 0.25) is 0 Å². The minimum atomic E-state index is -3.76. The van der Waals surface area contributed by atoms with Crippen molar-refractivity contribution in [2.45, 2.75) is 0 Å². The van der Waals surface area contributed by atoms with Crippen molar-refractivity contribution in [3.63, 3.8) is 0 Å². The second-order valence-corrected chi connectivity index (χ2v) is 5.25. The summed E-state index contributed by atoms with van der Waals surface area (Å²) in [7, 11) is -3.76. The van der Waals surface area contributed by atoms with Crippen LogP contribution in [0.2, 0.25) is 0 Å². The van der Waals surface area contributed by atoms with Crippen molar-refractivity contribution in [3.05, 3.63) is 42.5 Å². The first-order valence-electron chi connectivity index (χ1n) is 5.25. The van der Waals surface area contributed by atoms with Gasteiger partial charge in [0.1, 0.15) is 11.2 Å². The van der Waals surface area contributed by atoms with Crippen LogP contribution in [0.5, 0.6) is 0 Å². The molecule has 1 aromatic heterocycles. The number of hydrogen-bond donors (Lipinski definition) is 2. The number of rotatable bonds is 2. The monoisotopic (exact) mass is 262 g/mol. The fourth-order valence-corrected chi connectivity index (χ4v) is 2.41. The molecule has 0 aliphatic heterocycles. The number of hydrogen-bond acceptors (Lipinski definition) is 3. The smallest absolute Gasteiger partial charge is 0.296 e. The molecule has 3 rings (SSSR count). The van der Waals surface area contributed by atoms with E-state index in [4.69, 9.17) is 9.56 Å². The topological polar surface area (TPSA) is 85.3 Å². The summed E-state index contributed by atoms with van der Waals surface area (Å²) in [4.78, 5) is 0. The van der Waals surface area contributed by atoms with Gasteiger partial charge in [-0.3, -0.25) is 4.72 Å². The number of fused-ring (bicyclic) bond motifs is 3. The van der Waals surface area contributed by atoms with Crippen molar-refractivity contribution in [2.75, 3.05) is 4.72 Å². The quantitative estimate of drug-likeness (QED) is 0.742.